The largest absolute Gasteiger partial charge is 0.450 e. The van der Waals surface area contributed by atoms with Gasteiger partial charge in [0.1, 0.15) is 5.41 Å². The number of rotatable bonds is 6. The van der Waals surface area contributed by atoms with E-state index in [9.17, 15) is 14.4 Å². The molecular weight excluding hydrogens is 358 g/mol. The molecule has 3 amide bonds. The molecule has 0 unspecified atom stereocenters. The molecule has 3 rings (SSSR count). The zero-order valence-corrected chi connectivity index (χ0v) is 16.6. The molecule has 7 nitrogen and oxygen atoms in total. The second-order valence-electron chi connectivity index (χ2n) is 7.69. The first-order chi connectivity index (χ1) is 13.4. The lowest BCUT2D eigenvalue weighted by Crippen LogP contribution is -2.50. The van der Waals surface area contributed by atoms with Crippen molar-refractivity contribution in [3.05, 3.63) is 35.4 Å². The van der Waals surface area contributed by atoms with Crippen LogP contribution in [-0.4, -0.2) is 48.5 Å². The highest BCUT2D eigenvalue weighted by atomic mass is 16.6. The minimum absolute atomic E-state index is 0.0137. The normalized spacial score (nSPS) is 18.3. The number of likely N-dealkylation sites (tertiary alicyclic amines) is 1. The molecule has 0 spiro atoms. The fraction of sp³-hybridized carbons (Fsp3) is 0.571. The predicted octanol–water partition coefficient (Wildman–Crippen LogP) is 2.13. The highest BCUT2D eigenvalue weighted by Gasteiger charge is 2.56. The van der Waals surface area contributed by atoms with Crippen molar-refractivity contribution in [2.45, 2.75) is 52.1 Å². The summed E-state index contributed by atoms with van der Waals surface area (Å²) in [6, 6.07) is 7.94. The van der Waals surface area contributed by atoms with Gasteiger partial charge in [-0.2, -0.15) is 0 Å². The first-order valence-corrected chi connectivity index (χ1v) is 10.0. The Hall–Kier alpha value is -2.57. The first-order valence-electron chi connectivity index (χ1n) is 10.0. The van der Waals surface area contributed by atoms with Crippen LogP contribution in [0.2, 0.25) is 0 Å². The quantitative estimate of drug-likeness (QED) is 0.732. The van der Waals surface area contributed by atoms with Crippen molar-refractivity contribution < 1.29 is 19.1 Å². The topological polar surface area (TPSA) is 87.7 Å². The Morgan fingerprint density at radius 1 is 1.18 bits per heavy atom. The number of piperidine rings is 1. The number of nitrogens with one attached hydrogen (secondary N) is 2. The van der Waals surface area contributed by atoms with Gasteiger partial charge in [-0.15, -0.1) is 0 Å². The average Bonchev–Trinajstić information content (AvgIpc) is 3.49. The predicted molar refractivity (Wildman–Crippen MR) is 104 cm³/mol. The molecule has 2 N–H and O–H groups in total. The van der Waals surface area contributed by atoms with Crippen LogP contribution in [0.3, 0.4) is 0 Å². The van der Waals surface area contributed by atoms with Crippen molar-refractivity contribution in [3.63, 3.8) is 0 Å². The molecule has 1 saturated carbocycles. The van der Waals surface area contributed by atoms with E-state index >= 15 is 0 Å². The Labute approximate surface area is 165 Å². The monoisotopic (exact) mass is 387 g/mol. The summed E-state index contributed by atoms with van der Waals surface area (Å²) in [7, 11) is 0. The fourth-order valence-corrected chi connectivity index (χ4v) is 3.60. The molecule has 0 atom stereocenters. The van der Waals surface area contributed by atoms with Crippen molar-refractivity contribution in [2.24, 2.45) is 5.41 Å². The van der Waals surface area contributed by atoms with Crippen LogP contribution in [0.15, 0.2) is 24.3 Å². The Morgan fingerprint density at radius 3 is 2.50 bits per heavy atom. The van der Waals surface area contributed by atoms with Crippen molar-refractivity contribution in [1.29, 1.82) is 0 Å². The van der Waals surface area contributed by atoms with Gasteiger partial charge in [-0.05, 0) is 45.1 Å². The van der Waals surface area contributed by atoms with E-state index < -0.39 is 5.41 Å². The van der Waals surface area contributed by atoms with Gasteiger partial charge in [-0.3, -0.25) is 9.59 Å². The van der Waals surface area contributed by atoms with Crippen molar-refractivity contribution >= 4 is 17.9 Å². The van der Waals surface area contributed by atoms with Crippen molar-refractivity contribution in [3.8, 4) is 0 Å². The molecule has 0 aromatic heterocycles. The maximum Gasteiger partial charge on any atom is 0.409 e. The van der Waals surface area contributed by atoms with Gasteiger partial charge in [0, 0.05) is 25.7 Å². The molecule has 0 bridgehead atoms. The van der Waals surface area contributed by atoms with Crippen molar-refractivity contribution in [2.75, 3.05) is 19.7 Å². The van der Waals surface area contributed by atoms with E-state index in [1.165, 1.54) is 0 Å². The molecule has 152 valence electrons. The van der Waals surface area contributed by atoms with Gasteiger partial charge in [0.2, 0.25) is 11.8 Å². The standard InChI is InChI=1S/C21H29N3O4/c1-3-28-20(27)24-11-7-17(8-12-24)23-19(26)21(9-10-21)18(25)22-14-16-6-4-5-15(2)13-16/h4-6,13,17H,3,7-12,14H2,1-2H3,(H,22,25)(H,23,26). The van der Waals surface area contributed by atoms with E-state index in [1.54, 1.807) is 11.8 Å². The van der Waals surface area contributed by atoms with Crippen LogP contribution in [0, 0.1) is 12.3 Å². The summed E-state index contributed by atoms with van der Waals surface area (Å²) in [6.07, 6.45) is 2.21. The molecule has 1 heterocycles. The molecule has 1 aliphatic carbocycles. The lowest BCUT2D eigenvalue weighted by atomic mass is 10.0. The smallest absolute Gasteiger partial charge is 0.409 e. The molecule has 1 aliphatic heterocycles. The van der Waals surface area contributed by atoms with Gasteiger partial charge in [-0.1, -0.05) is 29.8 Å². The summed E-state index contributed by atoms with van der Waals surface area (Å²) >= 11 is 0. The van der Waals surface area contributed by atoms with Crippen LogP contribution >= 0.6 is 0 Å². The summed E-state index contributed by atoms with van der Waals surface area (Å²) in [5, 5.41) is 5.94. The van der Waals surface area contributed by atoms with E-state index in [1.807, 2.05) is 31.2 Å². The molecule has 0 radical (unpaired) electrons. The number of aryl methyl sites for hydroxylation is 1. The molecule has 2 aliphatic rings. The van der Waals surface area contributed by atoms with E-state index in [2.05, 4.69) is 10.6 Å². The minimum Gasteiger partial charge on any atom is -0.450 e. The zero-order valence-electron chi connectivity index (χ0n) is 16.6. The number of benzene rings is 1. The second-order valence-corrected chi connectivity index (χ2v) is 7.69. The third-order valence-electron chi connectivity index (χ3n) is 5.51. The maximum atomic E-state index is 12.7. The Balaban J connectivity index is 1.47. The Morgan fingerprint density at radius 2 is 1.89 bits per heavy atom. The molecule has 7 heteroatoms. The van der Waals surface area contributed by atoms with E-state index in [4.69, 9.17) is 4.74 Å². The Kier molecular flexibility index (Phi) is 6.21. The summed E-state index contributed by atoms with van der Waals surface area (Å²) in [5.74, 6) is -0.390. The van der Waals surface area contributed by atoms with Gasteiger partial charge in [0.15, 0.2) is 0 Å². The molecule has 1 saturated heterocycles. The molecular formula is C21H29N3O4. The average molecular weight is 387 g/mol. The van der Waals surface area contributed by atoms with Crippen LogP contribution in [0.25, 0.3) is 0 Å². The number of ether oxygens (including phenoxy) is 1. The molecule has 28 heavy (non-hydrogen) atoms. The third kappa shape index (κ3) is 4.64. The molecule has 1 aromatic carbocycles. The SMILES string of the molecule is CCOC(=O)N1CCC(NC(=O)C2(C(=O)NCc3cccc(C)c3)CC2)CC1. The highest BCUT2D eigenvalue weighted by molar-refractivity contribution is 6.07. The Bertz CT molecular complexity index is 737. The van der Waals surface area contributed by atoms with Crippen LogP contribution < -0.4 is 10.6 Å². The number of hydrogen-bond acceptors (Lipinski definition) is 4. The lowest BCUT2D eigenvalue weighted by molar-refractivity contribution is -0.137. The fourth-order valence-electron chi connectivity index (χ4n) is 3.60. The number of hydrogen-bond donors (Lipinski definition) is 2. The van der Waals surface area contributed by atoms with E-state index in [0.29, 0.717) is 51.9 Å². The van der Waals surface area contributed by atoms with E-state index in [0.717, 1.165) is 11.1 Å². The van der Waals surface area contributed by atoms with Gasteiger partial charge in [0.25, 0.3) is 0 Å². The van der Waals surface area contributed by atoms with Gasteiger partial charge >= 0.3 is 6.09 Å². The number of amides is 3. The zero-order chi connectivity index (χ0) is 20.1. The van der Waals surface area contributed by atoms with Gasteiger partial charge in [-0.25, -0.2) is 4.79 Å². The van der Waals surface area contributed by atoms with Crippen LogP contribution in [0.5, 0.6) is 0 Å². The van der Waals surface area contributed by atoms with Gasteiger partial charge in [0.05, 0.1) is 6.61 Å². The number of carbonyl (C=O) groups is 3. The minimum atomic E-state index is -0.928. The number of nitrogens with zero attached hydrogens (tertiary/aromatic N) is 1. The molecule has 1 aromatic rings. The van der Waals surface area contributed by atoms with Gasteiger partial charge < -0.3 is 20.3 Å². The number of carbonyl (C=O) groups excluding carboxylic acids is 3. The highest BCUT2D eigenvalue weighted by Crippen LogP contribution is 2.46. The molecule has 2 fully saturated rings. The maximum absolute atomic E-state index is 12.7. The summed E-state index contributed by atoms with van der Waals surface area (Å²) in [6.45, 7) is 5.67. The summed E-state index contributed by atoms with van der Waals surface area (Å²) in [4.78, 5) is 38.8. The summed E-state index contributed by atoms with van der Waals surface area (Å²) in [5.41, 5.74) is 1.23. The second kappa shape index (κ2) is 8.63. The van der Waals surface area contributed by atoms with Crippen molar-refractivity contribution in [1.82, 2.24) is 15.5 Å². The first kappa shape index (κ1) is 20.2. The van der Waals surface area contributed by atoms with Crippen LogP contribution in [0.1, 0.15) is 43.7 Å². The van der Waals surface area contributed by atoms with Crippen LogP contribution in [-0.2, 0) is 20.9 Å². The lowest BCUT2D eigenvalue weighted by Gasteiger charge is -2.32. The third-order valence-corrected chi connectivity index (χ3v) is 5.51. The summed E-state index contributed by atoms with van der Waals surface area (Å²) < 4.78 is 5.01. The van der Waals surface area contributed by atoms with E-state index in [-0.39, 0.29) is 23.9 Å². The van der Waals surface area contributed by atoms with Crippen LogP contribution in [0.4, 0.5) is 4.79 Å².